The molecular weight excluding hydrogens is 452 g/mol. The molecule has 4 heteroatoms. The molecule has 2 aromatic carbocycles. The van der Waals surface area contributed by atoms with E-state index in [1.54, 1.807) is 0 Å². The summed E-state index contributed by atoms with van der Waals surface area (Å²) in [7, 11) is 0. The number of thioether (sulfide) groups is 2. The Morgan fingerprint density at radius 1 is 0.941 bits per heavy atom. The van der Waals surface area contributed by atoms with Crippen LogP contribution in [0.2, 0.25) is 0 Å². The third-order valence-corrected chi connectivity index (χ3v) is 9.02. The first-order valence-corrected chi connectivity index (χ1v) is 14.0. The number of rotatable bonds is 5. The van der Waals surface area contributed by atoms with Gasteiger partial charge in [-0.15, -0.1) is 0 Å². The molecule has 2 heterocycles. The van der Waals surface area contributed by atoms with E-state index >= 15 is 0 Å². The fourth-order valence-corrected chi connectivity index (χ4v) is 7.73. The molecule has 0 N–H and O–H groups in total. The van der Waals surface area contributed by atoms with E-state index in [0.717, 1.165) is 25.9 Å². The summed E-state index contributed by atoms with van der Waals surface area (Å²) in [6.45, 7) is 11.3. The molecule has 2 nitrogen and oxygen atoms in total. The minimum atomic E-state index is 0.266. The standard InChI is InChI=1S/C30H34N2S2/c1-5-31-24-13-7-9-15-26(24)33-28(31)17-11-12-22-18-23(21-30(3,4)20-22)19-29-32(6-2)25-14-8-10-16-27(25)34-29/h7-19,28H,5-6,20-21H2,1-4H3/b17-11+,22-12+,29-19-. The molecule has 0 saturated carbocycles. The van der Waals surface area contributed by atoms with Crippen molar-refractivity contribution in [1.29, 1.82) is 0 Å². The van der Waals surface area contributed by atoms with Crippen LogP contribution in [-0.4, -0.2) is 18.5 Å². The van der Waals surface area contributed by atoms with Crippen molar-refractivity contribution in [2.45, 2.75) is 55.7 Å². The SMILES string of the molecule is CCN1/C(=C/C2=CC(=C\C=C\C3Sc4ccccc4N3CC)/CC(C)(C)C2)Sc2ccccc21. The second-order valence-corrected chi connectivity index (χ2v) is 12.1. The smallest absolute Gasteiger partial charge is 0.0985 e. The molecule has 5 rings (SSSR count). The predicted octanol–water partition coefficient (Wildman–Crippen LogP) is 8.65. The van der Waals surface area contributed by atoms with Gasteiger partial charge >= 0.3 is 0 Å². The van der Waals surface area contributed by atoms with Gasteiger partial charge in [0.25, 0.3) is 0 Å². The van der Waals surface area contributed by atoms with E-state index in [1.807, 2.05) is 23.5 Å². The Kier molecular flexibility index (Phi) is 6.72. The number of benzene rings is 2. The number of anilines is 2. The van der Waals surface area contributed by atoms with E-state index in [0.29, 0.717) is 5.37 Å². The van der Waals surface area contributed by atoms with Crippen LogP contribution in [0.15, 0.2) is 105 Å². The van der Waals surface area contributed by atoms with E-state index in [-0.39, 0.29) is 5.41 Å². The summed E-state index contributed by atoms with van der Waals surface area (Å²) in [4.78, 5) is 7.68. The van der Waals surface area contributed by atoms with Gasteiger partial charge < -0.3 is 9.80 Å². The molecule has 2 aliphatic heterocycles. The van der Waals surface area contributed by atoms with Crippen molar-refractivity contribution in [3.05, 3.63) is 95.1 Å². The Morgan fingerprint density at radius 3 is 2.44 bits per heavy atom. The molecule has 0 bridgehead atoms. The lowest BCUT2D eigenvalue weighted by Crippen LogP contribution is -2.27. The topological polar surface area (TPSA) is 6.48 Å². The minimum Gasteiger partial charge on any atom is -0.355 e. The van der Waals surface area contributed by atoms with Gasteiger partial charge in [0.2, 0.25) is 0 Å². The van der Waals surface area contributed by atoms with Crippen molar-refractivity contribution in [3.8, 4) is 0 Å². The zero-order chi connectivity index (χ0) is 23.7. The maximum atomic E-state index is 2.49. The van der Waals surface area contributed by atoms with Crippen LogP contribution in [-0.2, 0) is 0 Å². The summed E-state index contributed by atoms with van der Waals surface area (Å²) in [5.74, 6) is 0. The number of hydrogen-bond donors (Lipinski definition) is 0. The third kappa shape index (κ3) is 4.76. The van der Waals surface area contributed by atoms with Crippen molar-refractivity contribution in [3.63, 3.8) is 0 Å². The Morgan fingerprint density at radius 2 is 1.68 bits per heavy atom. The number of allylic oxidation sites excluding steroid dienone is 6. The van der Waals surface area contributed by atoms with E-state index < -0.39 is 0 Å². The summed E-state index contributed by atoms with van der Waals surface area (Å²) in [5, 5.41) is 1.72. The maximum Gasteiger partial charge on any atom is 0.0985 e. The highest BCUT2D eigenvalue weighted by atomic mass is 32.2. The molecule has 1 unspecified atom stereocenters. The second kappa shape index (κ2) is 9.75. The van der Waals surface area contributed by atoms with Crippen LogP contribution < -0.4 is 9.80 Å². The normalized spacial score (nSPS) is 23.6. The first-order chi connectivity index (χ1) is 16.5. The highest BCUT2D eigenvalue weighted by Gasteiger charge is 2.28. The Balaban J connectivity index is 1.37. The van der Waals surface area contributed by atoms with Gasteiger partial charge in [0, 0.05) is 22.9 Å². The van der Waals surface area contributed by atoms with E-state index in [4.69, 9.17) is 0 Å². The molecule has 0 spiro atoms. The van der Waals surface area contributed by atoms with E-state index in [1.165, 1.54) is 37.3 Å². The van der Waals surface area contributed by atoms with Gasteiger partial charge in [-0.3, -0.25) is 0 Å². The first kappa shape index (κ1) is 23.4. The predicted molar refractivity (Wildman–Crippen MR) is 151 cm³/mol. The molecule has 34 heavy (non-hydrogen) atoms. The highest BCUT2D eigenvalue weighted by molar-refractivity contribution is 8.03. The molecule has 1 aliphatic carbocycles. The highest BCUT2D eigenvalue weighted by Crippen LogP contribution is 2.47. The monoisotopic (exact) mass is 486 g/mol. The third-order valence-electron chi connectivity index (χ3n) is 6.65. The maximum absolute atomic E-state index is 2.49. The van der Waals surface area contributed by atoms with Crippen LogP contribution in [0, 0.1) is 5.41 Å². The lowest BCUT2D eigenvalue weighted by molar-refractivity contribution is 0.355. The Labute approximate surface area is 213 Å². The van der Waals surface area contributed by atoms with Gasteiger partial charge in [-0.05, 0) is 73.6 Å². The van der Waals surface area contributed by atoms with Gasteiger partial charge in [-0.1, -0.05) is 85.9 Å². The van der Waals surface area contributed by atoms with Crippen molar-refractivity contribution in [2.75, 3.05) is 22.9 Å². The number of para-hydroxylation sites is 2. The van der Waals surface area contributed by atoms with E-state index in [2.05, 4.69) is 116 Å². The molecule has 0 aromatic heterocycles. The van der Waals surface area contributed by atoms with Crippen LogP contribution in [0.3, 0.4) is 0 Å². The molecule has 0 saturated heterocycles. The molecular formula is C30H34N2S2. The fraction of sp³-hybridized carbons (Fsp3) is 0.333. The molecule has 0 fully saturated rings. The van der Waals surface area contributed by atoms with Crippen molar-refractivity contribution < 1.29 is 0 Å². The van der Waals surface area contributed by atoms with Crippen molar-refractivity contribution in [1.82, 2.24) is 0 Å². The molecule has 3 aliphatic rings. The average Bonchev–Trinajstić information content (AvgIpc) is 3.34. The second-order valence-electron chi connectivity index (χ2n) is 9.92. The van der Waals surface area contributed by atoms with Crippen LogP contribution in [0.25, 0.3) is 0 Å². The fourth-order valence-electron chi connectivity index (χ4n) is 5.25. The summed E-state index contributed by atoms with van der Waals surface area (Å²) >= 11 is 3.85. The van der Waals surface area contributed by atoms with Gasteiger partial charge in [-0.2, -0.15) is 0 Å². The first-order valence-electron chi connectivity index (χ1n) is 12.3. The Bertz CT molecular complexity index is 1190. The molecule has 1 atom stereocenters. The number of fused-ring (bicyclic) bond motifs is 2. The summed E-state index contributed by atoms with van der Waals surface area (Å²) in [6.07, 6.45) is 14.1. The zero-order valence-corrected chi connectivity index (χ0v) is 22.3. The van der Waals surface area contributed by atoms with Crippen LogP contribution in [0.4, 0.5) is 11.4 Å². The molecule has 0 amide bonds. The van der Waals surface area contributed by atoms with Gasteiger partial charge in [0.1, 0.15) is 0 Å². The number of hydrogen-bond acceptors (Lipinski definition) is 4. The van der Waals surface area contributed by atoms with Crippen LogP contribution in [0.5, 0.6) is 0 Å². The van der Waals surface area contributed by atoms with Gasteiger partial charge in [-0.25, -0.2) is 0 Å². The van der Waals surface area contributed by atoms with Gasteiger partial charge in [0.05, 0.1) is 21.8 Å². The van der Waals surface area contributed by atoms with Crippen molar-refractivity contribution >= 4 is 34.9 Å². The minimum absolute atomic E-state index is 0.266. The molecule has 0 radical (unpaired) electrons. The number of nitrogens with zero attached hydrogens (tertiary/aromatic N) is 2. The summed E-state index contributed by atoms with van der Waals surface area (Å²) < 4.78 is 0. The van der Waals surface area contributed by atoms with E-state index in [9.17, 15) is 0 Å². The van der Waals surface area contributed by atoms with Crippen molar-refractivity contribution in [2.24, 2.45) is 5.41 Å². The average molecular weight is 487 g/mol. The summed E-state index contributed by atoms with van der Waals surface area (Å²) in [5.41, 5.74) is 5.82. The quantitative estimate of drug-likeness (QED) is 0.417. The lowest BCUT2D eigenvalue weighted by atomic mass is 9.75. The van der Waals surface area contributed by atoms with Gasteiger partial charge in [0.15, 0.2) is 0 Å². The van der Waals surface area contributed by atoms with Crippen LogP contribution >= 0.6 is 23.5 Å². The molecule has 2 aromatic rings. The summed E-state index contributed by atoms with van der Waals surface area (Å²) in [6, 6.07) is 17.5. The van der Waals surface area contributed by atoms with Crippen LogP contribution in [0.1, 0.15) is 40.5 Å². The number of likely N-dealkylation sites (N-methyl/N-ethyl adjacent to an activating group) is 1. The Hall–Kier alpha value is -2.30. The largest absolute Gasteiger partial charge is 0.355 e. The zero-order valence-electron chi connectivity index (χ0n) is 20.6. The molecule has 176 valence electrons. The lowest BCUT2D eigenvalue weighted by Gasteiger charge is -2.31.